The number of nitrogens with zero attached hydrogens (tertiary/aromatic N) is 3. The van der Waals surface area contributed by atoms with Crippen molar-refractivity contribution in [1.82, 2.24) is 25.8 Å². The molecule has 11 heteroatoms. The minimum atomic E-state index is -0.314. The molecule has 0 bridgehead atoms. The van der Waals surface area contributed by atoms with Gasteiger partial charge in [0.25, 0.3) is 0 Å². The van der Waals surface area contributed by atoms with Crippen LogP contribution in [0.25, 0.3) is 11.0 Å². The van der Waals surface area contributed by atoms with Crippen LogP contribution < -0.4 is 15.5 Å². The second-order valence-corrected chi connectivity index (χ2v) is 13.1. The third-order valence-electron chi connectivity index (χ3n) is 8.59. The summed E-state index contributed by atoms with van der Waals surface area (Å²) < 4.78 is 5.16. The van der Waals surface area contributed by atoms with Crippen molar-refractivity contribution in [2.24, 2.45) is 0 Å². The van der Waals surface area contributed by atoms with E-state index in [0.717, 1.165) is 122 Å². The Bertz CT molecular complexity index is 1190. The molecule has 1 aromatic heterocycles. The van der Waals surface area contributed by atoms with Crippen molar-refractivity contribution in [1.29, 1.82) is 0 Å². The minimum Gasteiger partial charge on any atom is -0.466 e. The van der Waals surface area contributed by atoms with Crippen LogP contribution in [0, 0.1) is 0 Å². The molecule has 1 aromatic carbocycles. The molecule has 0 saturated heterocycles. The van der Waals surface area contributed by atoms with Gasteiger partial charge in [0.1, 0.15) is 11.0 Å². The summed E-state index contributed by atoms with van der Waals surface area (Å²) in [7, 11) is 0. The number of hydrogen-bond acceptors (Lipinski definition) is 8. The minimum absolute atomic E-state index is 0.0796. The number of nitrogens with one attached hydrogen (secondary N) is 2. The number of amides is 2. The van der Waals surface area contributed by atoms with E-state index in [9.17, 15) is 19.2 Å². The maximum atomic E-state index is 12.1. The second-order valence-electron chi connectivity index (χ2n) is 13.1. The van der Waals surface area contributed by atoms with Gasteiger partial charge in [-0.1, -0.05) is 107 Å². The van der Waals surface area contributed by atoms with E-state index in [2.05, 4.69) is 27.9 Å². The molecule has 0 unspecified atom stereocenters. The SMILES string of the molecule is CCCCOC(=O)CCCCCCCNC(=O)CCCCCCCCCCC(=O)NCCCCCCCC(=O)On1nnc2ccccc21. The Hall–Kier alpha value is -3.50. The number of para-hydroxylation sites is 1. The molecule has 0 radical (unpaired) electrons. The number of hydrogen-bond donors (Lipinski definition) is 2. The van der Waals surface area contributed by atoms with Gasteiger partial charge >= 0.3 is 11.9 Å². The number of rotatable bonds is 31. The topological polar surface area (TPSA) is 142 Å². The Morgan fingerprint density at radius 3 is 1.61 bits per heavy atom. The van der Waals surface area contributed by atoms with Crippen LogP contribution in [0.1, 0.15) is 161 Å². The summed E-state index contributed by atoms with van der Waals surface area (Å²) >= 11 is 0. The second kappa shape index (κ2) is 28.3. The van der Waals surface area contributed by atoms with Crippen LogP contribution in [-0.4, -0.2) is 58.6 Å². The molecule has 2 amide bonds. The average Bonchev–Trinajstić information content (AvgIpc) is 3.50. The number of ether oxygens (including phenoxy) is 1. The molecule has 0 spiro atoms. The van der Waals surface area contributed by atoms with Crippen molar-refractivity contribution in [3.8, 4) is 0 Å². The van der Waals surface area contributed by atoms with Crippen molar-refractivity contribution < 1.29 is 28.8 Å². The molecule has 49 heavy (non-hydrogen) atoms. The smallest absolute Gasteiger partial charge is 0.335 e. The maximum absolute atomic E-state index is 12.1. The lowest BCUT2D eigenvalue weighted by molar-refractivity contribution is -0.146. The van der Waals surface area contributed by atoms with Gasteiger partial charge in [-0.25, -0.2) is 4.79 Å². The molecule has 2 rings (SSSR count). The normalized spacial score (nSPS) is 11.0. The third kappa shape index (κ3) is 22.0. The highest BCUT2D eigenvalue weighted by atomic mass is 16.7. The van der Waals surface area contributed by atoms with Gasteiger partial charge in [0.15, 0.2) is 0 Å². The molecule has 1 heterocycles. The highest BCUT2D eigenvalue weighted by Gasteiger charge is 2.10. The van der Waals surface area contributed by atoms with Crippen LogP contribution in [0.3, 0.4) is 0 Å². The van der Waals surface area contributed by atoms with Gasteiger partial charge < -0.3 is 20.2 Å². The molecule has 2 aromatic rings. The van der Waals surface area contributed by atoms with Crippen LogP contribution >= 0.6 is 0 Å². The Balaban J connectivity index is 1.26. The maximum Gasteiger partial charge on any atom is 0.335 e. The van der Waals surface area contributed by atoms with E-state index in [1.54, 1.807) is 0 Å². The number of esters is 1. The zero-order chi connectivity index (χ0) is 35.2. The largest absolute Gasteiger partial charge is 0.466 e. The fourth-order valence-electron chi connectivity index (χ4n) is 5.57. The van der Waals surface area contributed by atoms with Crippen LogP contribution in [0.4, 0.5) is 0 Å². The molecular weight excluding hydrogens is 622 g/mol. The average molecular weight is 686 g/mol. The Kier molecular flexibility index (Phi) is 24.1. The third-order valence-corrected chi connectivity index (χ3v) is 8.59. The first-order chi connectivity index (χ1) is 24.0. The van der Waals surface area contributed by atoms with Gasteiger partial charge in [-0.05, 0) is 62.3 Å². The van der Waals surface area contributed by atoms with Gasteiger partial charge in [0.05, 0.1) is 6.61 Å². The molecule has 0 aliphatic rings. The van der Waals surface area contributed by atoms with E-state index in [-0.39, 0.29) is 23.8 Å². The van der Waals surface area contributed by atoms with E-state index in [1.165, 1.54) is 17.7 Å². The number of aromatic nitrogens is 3. The number of unbranched alkanes of at least 4 members (excludes halogenated alkanes) is 16. The van der Waals surface area contributed by atoms with Gasteiger partial charge in [0.2, 0.25) is 11.8 Å². The van der Waals surface area contributed by atoms with Gasteiger partial charge in [-0.15, -0.1) is 5.10 Å². The molecule has 11 nitrogen and oxygen atoms in total. The van der Waals surface area contributed by atoms with Crippen molar-refractivity contribution in [2.45, 2.75) is 161 Å². The van der Waals surface area contributed by atoms with Crippen LogP contribution in [0.2, 0.25) is 0 Å². The zero-order valence-electron chi connectivity index (χ0n) is 30.2. The summed E-state index contributed by atoms with van der Waals surface area (Å²) in [5.74, 6) is -0.102. The van der Waals surface area contributed by atoms with Crippen LogP contribution in [0.15, 0.2) is 24.3 Å². The van der Waals surface area contributed by atoms with Gasteiger partial charge in [-0.2, -0.15) is 0 Å². The molecular formula is C38H63N5O6. The fraction of sp³-hybridized carbons (Fsp3) is 0.737. The van der Waals surface area contributed by atoms with E-state index in [4.69, 9.17) is 9.57 Å². The summed E-state index contributed by atoms with van der Waals surface area (Å²) in [6.45, 7) is 4.07. The van der Waals surface area contributed by atoms with Gasteiger partial charge in [0, 0.05) is 38.8 Å². The molecule has 0 saturated carbocycles. The molecule has 0 aliphatic carbocycles. The van der Waals surface area contributed by atoms with E-state index in [0.29, 0.717) is 49.9 Å². The summed E-state index contributed by atoms with van der Waals surface area (Å²) in [4.78, 5) is 54.3. The van der Waals surface area contributed by atoms with Crippen molar-refractivity contribution in [3.63, 3.8) is 0 Å². The highest BCUT2D eigenvalue weighted by Crippen LogP contribution is 2.12. The van der Waals surface area contributed by atoms with E-state index < -0.39 is 0 Å². The van der Waals surface area contributed by atoms with Crippen molar-refractivity contribution >= 4 is 34.8 Å². The van der Waals surface area contributed by atoms with Crippen molar-refractivity contribution in [2.75, 3.05) is 19.7 Å². The molecule has 0 atom stereocenters. The molecule has 0 fully saturated rings. The summed E-state index contributed by atoms with van der Waals surface area (Å²) in [5, 5.41) is 13.9. The summed E-state index contributed by atoms with van der Waals surface area (Å²) in [6.07, 6.45) is 22.5. The van der Waals surface area contributed by atoms with Crippen LogP contribution in [-0.2, 0) is 23.9 Å². The highest BCUT2D eigenvalue weighted by molar-refractivity contribution is 5.76. The number of carbonyl (C=O) groups is 4. The quantitative estimate of drug-likeness (QED) is 0.0471. The van der Waals surface area contributed by atoms with E-state index >= 15 is 0 Å². The molecule has 2 N–H and O–H groups in total. The Morgan fingerprint density at radius 1 is 0.592 bits per heavy atom. The predicted molar refractivity (Wildman–Crippen MR) is 193 cm³/mol. The standard InChI is InChI=1S/C38H63N5O6/c1-2-3-32-48-37(46)28-18-12-8-14-22-30-39-35(44)26-16-10-6-4-5-7-11-17-27-36(45)40-31-23-15-9-13-19-29-38(47)49-43-34-25-21-20-24-33(34)41-42-43/h20-21,24-25H,2-19,22-23,26-32H2,1H3,(H,39,44)(H,40,45). The van der Waals surface area contributed by atoms with Crippen molar-refractivity contribution in [3.05, 3.63) is 24.3 Å². The number of benzene rings is 1. The van der Waals surface area contributed by atoms with Gasteiger partial charge in [-0.3, -0.25) is 14.4 Å². The Morgan fingerprint density at radius 2 is 1.06 bits per heavy atom. The molecule has 276 valence electrons. The first-order valence-corrected chi connectivity index (χ1v) is 19.2. The molecule has 0 aliphatic heterocycles. The lowest BCUT2D eigenvalue weighted by Gasteiger charge is -2.06. The lowest BCUT2D eigenvalue weighted by atomic mass is 10.1. The van der Waals surface area contributed by atoms with Crippen LogP contribution in [0.5, 0.6) is 0 Å². The zero-order valence-corrected chi connectivity index (χ0v) is 30.2. The van der Waals surface area contributed by atoms with E-state index in [1.807, 2.05) is 24.3 Å². The fourth-order valence-corrected chi connectivity index (χ4v) is 5.57. The lowest BCUT2D eigenvalue weighted by Crippen LogP contribution is -2.24. The number of fused-ring (bicyclic) bond motifs is 1. The Labute approximate surface area is 294 Å². The number of carbonyl (C=O) groups excluding carboxylic acids is 4. The monoisotopic (exact) mass is 685 g/mol. The predicted octanol–water partition coefficient (Wildman–Crippen LogP) is 7.54. The summed E-state index contributed by atoms with van der Waals surface area (Å²) in [6, 6.07) is 7.34. The first-order valence-electron chi connectivity index (χ1n) is 19.2. The first kappa shape index (κ1) is 41.7. The summed E-state index contributed by atoms with van der Waals surface area (Å²) in [5.41, 5.74) is 1.36.